The first kappa shape index (κ1) is 18.7. The van der Waals surface area contributed by atoms with Gasteiger partial charge in [0.05, 0.1) is 0 Å². The molecule has 0 spiro atoms. The van der Waals surface area contributed by atoms with E-state index in [4.69, 9.17) is 5.11 Å². The Bertz CT molecular complexity index is 657. The summed E-state index contributed by atoms with van der Waals surface area (Å²) >= 11 is 0. The van der Waals surface area contributed by atoms with Crippen molar-refractivity contribution in [3.05, 3.63) is 35.1 Å². The summed E-state index contributed by atoms with van der Waals surface area (Å²) in [5.74, 6) is -1.56. The highest BCUT2D eigenvalue weighted by Crippen LogP contribution is 2.13. The molecule has 0 saturated carbocycles. The lowest BCUT2D eigenvalue weighted by Gasteiger charge is -2.34. The Morgan fingerprint density at radius 1 is 1.16 bits per heavy atom. The number of piperazine rings is 1. The van der Waals surface area contributed by atoms with Crippen LogP contribution in [0.15, 0.2) is 18.2 Å². The predicted molar refractivity (Wildman–Crippen MR) is 88.9 cm³/mol. The number of halogens is 1. The van der Waals surface area contributed by atoms with Gasteiger partial charge >= 0.3 is 12.0 Å². The Morgan fingerprint density at radius 3 is 2.40 bits per heavy atom. The molecule has 1 fully saturated rings. The van der Waals surface area contributed by atoms with Gasteiger partial charge in [-0.25, -0.2) is 9.18 Å². The Hall–Kier alpha value is -2.64. The van der Waals surface area contributed by atoms with E-state index in [1.165, 1.54) is 6.07 Å². The van der Waals surface area contributed by atoms with E-state index in [0.717, 1.165) is 0 Å². The van der Waals surface area contributed by atoms with Crippen LogP contribution in [0, 0.1) is 12.7 Å². The minimum atomic E-state index is -0.895. The Labute approximate surface area is 145 Å². The Balaban J connectivity index is 1.80. The molecule has 1 aromatic carbocycles. The number of benzene rings is 1. The molecule has 136 valence electrons. The maximum Gasteiger partial charge on any atom is 0.317 e. The standard InChI is InChI=1S/C17H22FN3O4/c1-12-4-5-13(11-14(12)18)16(24)20-7-9-21(10-8-20)17(25)19-6-2-3-15(22)23/h4-5,11H,2-3,6-10H2,1H3,(H,19,25)(H,22,23). The molecular formula is C17H22FN3O4. The topological polar surface area (TPSA) is 90.0 Å². The van der Waals surface area contributed by atoms with Crippen LogP contribution in [0.2, 0.25) is 0 Å². The first-order valence-corrected chi connectivity index (χ1v) is 8.18. The molecule has 2 N–H and O–H groups in total. The van der Waals surface area contributed by atoms with Gasteiger partial charge < -0.3 is 20.2 Å². The normalized spacial score (nSPS) is 14.3. The summed E-state index contributed by atoms with van der Waals surface area (Å²) in [6.07, 6.45) is 0.383. The maximum absolute atomic E-state index is 13.6. The molecule has 1 heterocycles. The van der Waals surface area contributed by atoms with E-state index in [0.29, 0.717) is 50.3 Å². The van der Waals surface area contributed by atoms with Crippen molar-refractivity contribution in [3.63, 3.8) is 0 Å². The number of hydrogen-bond acceptors (Lipinski definition) is 3. The number of carboxylic acid groups (broad SMARTS) is 1. The van der Waals surface area contributed by atoms with Gasteiger partial charge in [0.1, 0.15) is 5.82 Å². The summed E-state index contributed by atoms with van der Waals surface area (Å²) in [4.78, 5) is 38.0. The smallest absolute Gasteiger partial charge is 0.317 e. The lowest BCUT2D eigenvalue weighted by molar-refractivity contribution is -0.137. The molecule has 0 unspecified atom stereocenters. The Kier molecular flexibility index (Phi) is 6.32. The van der Waals surface area contributed by atoms with Gasteiger partial charge in [0.15, 0.2) is 0 Å². The van der Waals surface area contributed by atoms with Crippen molar-refractivity contribution < 1.29 is 23.9 Å². The van der Waals surface area contributed by atoms with E-state index in [1.807, 2.05) is 0 Å². The van der Waals surface area contributed by atoms with Crippen LogP contribution >= 0.6 is 0 Å². The van der Waals surface area contributed by atoms with Crippen molar-refractivity contribution in [2.75, 3.05) is 32.7 Å². The third-order valence-corrected chi connectivity index (χ3v) is 4.12. The SMILES string of the molecule is Cc1ccc(C(=O)N2CCN(C(=O)NCCCC(=O)O)CC2)cc1F. The summed E-state index contributed by atoms with van der Waals surface area (Å²) in [6, 6.07) is 4.14. The van der Waals surface area contributed by atoms with E-state index < -0.39 is 11.8 Å². The number of carbonyl (C=O) groups is 3. The van der Waals surface area contributed by atoms with Crippen LogP contribution in [0.3, 0.4) is 0 Å². The van der Waals surface area contributed by atoms with E-state index in [9.17, 15) is 18.8 Å². The first-order valence-electron chi connectivity index (χ1n) is 8.18. The third-order valence-electron chi connectivity index (χ3n) is 4.12. The van der Waals surface area contributed by atoms with E-state index in [1.54, 1.807) is 28.9 Å². The van der Waals surface area contributed by atoms with E-state index in [-0.39, 0.29) is 18.4 Å². The van der Waals surface area contributed by atoms with Crippen molar-refractivity contribution in [2.45, 2.75) is 19.8 Å². The van der Waals surface area contributed by atoms with Gasteiger partial charge in [0.25, 0.3) is 5.91 Å². The predicted octanol–water partition coefficient (Wildman–Crippen LogP) is 1.47. The number of aliphatic carboxylic acids is 1. The van der Waals surface area contributed by atoms with Crippen LogP contribution in [0.1, 0.15) is 28.8 Å². The van der Waals surface area contributed by atoms with Crippen molar-refractivity contribution in [1.82, 2.24) is 15.1 Å². The number of hydrogen-bond donors (Lipinski definition) is 2. The Morgan fingerprint density at radius 2 is 1.80 bits per heavy atom. The molecule has 1 aliphatic heterocycles. The lowest BCUT2D eigenvalue weighted by Crippen LogP contribution is -2.53. The fourth-order valence-corrected chi connectivity index (χ4v) is 2.57. The monoisotopic (exact) mass is 351 g/mol. The van der Waals surface area contributed by atoms with Crippen molar-refractivity contribution in [1.29, 1.82) is 0 Å². The zero-order valence-corrected chi connectivity index (χ0v) is 14.1. The van der Waals surface area contributed by atoms with Gasteiger partial charge in [-0.2, -0.15) is 0 Å². The molecule has 8 heteroatoms. The lowest BCUT2D eigenvalue weighted by atomic mass is 10.1. The van der Waals surface area contributed by atoms with E-state index >= 15 is 0 Å². The van der Waals surface area contributed by atoms with Gasteiger partial charge in [-0.15, -0.1) is 0 Å². The number of amides is 3. The second kappa shape index (κ2) is 8.46. The molecule has 3 amide bonds. The highest BCUT2D eigenvalue weighted by atomic mass is 19.1. The molecular weight excluding hydrogens is 329 g/mol. The van der Waals surface area contributed by atoms with Gasteiger partial charge in [0.2, 0.25) is 0 Å². The average Bonchev–Trinajstić information content (AvgIpc) is 2.60. The van der Waals surface area contributed by atoms with Crippen LogP contribution < -0.4 is 5.32 Å². The van der Waals surface area contributed by atoms with Crippen LogP contribution in [0.25, 0.3) is 0 Å². The fraction of sp³-hybridized carbons (Fsp3) is 0.471. The molecule has 1 aliphatic rings. The van der Waals surface area contributed by atoms with Crippen molar-refractivity contribution in [3.8, 4) is 0 Å². The minimum absolute atomic E-state index is 0.00959. The molecule has 0 bridgehead atoms. The molecule has 7 nitrogen and oxygen atoms in total. The zero-order valence-electron chi connectivity index (χ0n) is 14.1. The van der Waals surface area contributed by atoms with Crippen LogP contribution in [-0.4, -0.2) is 65.5 Å². The van der Waals surface area contributed by atoms with Crippen LogP contribution in [0.5, 0.6) is 0 Å². The first-order chi connectivity index (χ1) is 11.9. The van der Waals surface area contributed by atoms with Gasteiger partial charge in [-0.05, 0) is 31.0 Å². The molecule has 1 saturated heterocycles. The maximum atomic E-state index is 13.6. The van der Waals surface area contributed by atoms with Gasteiger partial charge in [-0.1, -0.05) is 6.07 Å². The highest BCUT2D eigenvalue weighted by Gasteiger charge is 2.25. The molecule has 1 aromatic rings. The molecule has 0 aromatic heterocycles. The van der Waals surface area contributed by atoms with E-state index in [2.05, 4.69) is 5.32 Å². The summed E-state index contributed by atoms with van der Waals surface area (Å²) in [6.45, 7) is 3.44. The van der Waals surface area contributed by atoms with Crippen LogP contribution in [0.4, 0.5) is 9.18 Å². The largest absolute Gasteiger partial charge is 0.481 e. The molecule has 25 heavy (non-hydrogen) atoms. The van der Waals surface area contributed by atoms with Crippen LogP contribution in [-0.2, 0) is 4.79 Å². The molecule has 2 rings (SSSR count). The second-order valence-electron chi connectivity index (χ2n) is 5.97. The number of carboxylic acids is 1. The molecule has 0 aliphatic carbocycles. The van der Waals surface area contributed by atoms with Gasteiger partial charge in [0, 0.05) is 44.7 Å². The van der Waals surface area contributed by atoms with Crippen molar-refractivity contribution >= 4 is 17.9 Å². The number of rotatable bonds is 5. The fourth-order valence-electron chi connectivity index (χ4n) is 2.57. The third kappa shape index (κ3) is 5.17. The van der Waals surface area contributed by atoms with Gasteiger partial charge in [-0.3, -0.25) is 9.59 Å². The van der Waals surface area contributed by atoms with Crippen molar-refractivity contribution in [2.24, 2.45) is 0 Å². The second-order valence-corrected chi connectivity index (χ2v) is 5.97. The zero-order chi connectivity index (χ0) is 18.4. The minimum Gasteiger partial charge on any atom is -0.481 e. The summed E-state index contributed by atoms with van der Waals surface area (Å²) in [5.41, 5.74) is 0.788. The number of carbonyl (C=O) groups excluding carboxylic acids is 2. The number of nitrogens with one attached hydrogen (secondary N) is 1. The quantitative estimate of drug-likeness (QED) is 0.786. The number of urea groups is 1. The summed E-state index contributed by atoms with van der Waals surface area (Å²) < 4.78 is 13.6. The molecule has 0 atom stereocenters. The highest BCUT2D eigenvalue weighted by molar-refractivity contribution is 5.94. The summed E-state index contributed by atoms with van der Waals surface area (Å²) in [5, 5.41) is 11.2. The number of aryl methyl sites for hydroxylation is 1. The number of nitrogens with zero attached hydrogens (tertiary/aromatic N) is 2. The summed E-state index contributed by atoms with van der Waals surface area (Å²) in [7, 11) is 0. The molecule has 0 radical (unpaired) electrons. The average molecular weight is 351 g/mol.